The van der Waals surface area contributed by atoms with E-state index in [1.807, 2.05) is 45.2 Å². The van der Waals surface area contributed by atoms with Gasteiger partial charge in [-0.1, -0.05) is 0 Å². The van der Waals surface area contributed by atoms with Crippen LogP contribution in [0, 0.1) is 7.14 Å². The fourth-order valence-corrected chi connectivity index (χ4v) is 4.91. The molecule has 3 rings (SSSR count). The Morgan fingerprint density at radius 3 is 2.25 bits per heavy atom. The van der Waals surface area contributed by atoms with Gasteiger partial charge in [0.2, 0.25) is 0 Å². The Morgan fingerprint density at radius 2 is 1.69 bits per heavy atom. The van der Waals surface area contributed by atoms with Crippen LogP contribution in [-0.4, -0.2) is 44.6 Å². The predicted molar refractivity (Wildman–Crippen MR) is 131 cm³/mol. The molecule has 1 saturated heterocycles. The molecule has 1 fully saturated rings. The highest BCUT2D eigenvalue weighted by atomic mass is 127. The molecule has 1 aliphatic rings. The third kappa shape index (κ3) is 5.20. The number of benzene rings is 2. The van der Waals surface area contributed by atoms with Gasteiger partial charge >= 0.3 is 12.0 Å². The minimum atomic E-state index is -0.835. The van der Waals surface area contributed by atoms with E-state index in [9.17, 15) is 19.2 Å². The number of nitrogens with zero attached hydrogens (tertiary/aromatic N) is 1. The lowest BCUT2D eigenvalue weighted by molar-refractivity contribution is -0.143. The van der Waals surface area contributed by atoms with Crippen molar-refractivity contribution in [1.29, 1.82) is 0 Å². The molecule has 1 N–H and O–H groups in total. The zero-order chi connectivity index (χ0) is 23.4. The van der Waals surface area contributed by atoms with E-state index in [0.29, 0.717) is 29.9 Å². The Balaban J connectivity index is 1.92. The van der Waals surface area contributed by atoms with Crippen molar-refractivity contribution in [3.8, 4) is 11.5 Å². The van der Waals surface area contributed by atoms with E-state index in [2.05, 4.69) is 10.1 Å². The van der Waals surface area contributed by atoms with Crippen LogP contribution in [-0.2, 0) is 19.1 Å². The van der Waals surface area contributed by atoms with Crippen LogP contribution in [0.25, 0.3) is 6.08 Å². The van der Waals surface area contributed by atoms with Crippen LogP contribution < -0.4 is 19.7 Å². The van der Waals surface area contributed by atoms with E-state index in [4.69, 9.17) is 9.47 Å². The molecule has 32 heavy (non-hydrogen) atoms. The first-order chi connectivity index (χ1) is 15.2. The lowest BCUT2D eigenvalue weighted by Gasteiger charge is -2.26. The van der Waals surface area contributed by atoms with Crippen molar-refractivity contribution in [2.24, 2.45) is 0 Å². The number of esters is 1. The minimum Gasteiger partial charge on any atom is -0.497 e. The molecule has 2 aromatic carbocycles. The molecule has 4 amide bonds. The third-order valence-corrected chi connectivity index (χ3v) is 5.93. The summed E-state index contributed by atoms with van der Waals surface area (Å²) >= 11 is 4.05. The van der Waals surface area contributed by atoms with Crippen molar-refractivity contribution in [2.45, 2.75) is 0 Å². The highest BCUT2D eigenvalue weighted by Gasteiger charge is 2.36. The number of methoxy groups -OCH3 is 2. The molecule has 0 unspecified atom stereocenters. The Bertz CT molecular complexity index is 1110. The number of amides is 4. The Morgan fingerprint density at radius 1 is 1.06 bits per heavy atom. The van der Waals surface area contributed by atoms with Crippen LogP contribution in [0.3, 0.4) is 0 Å². The molecule has 0 radical (unpaired) electrons. The van der Waals surface area contributed by atoms with Crippen molar-refractivity contribution in [1.82, 2.24) is 5.32 Å². The summed E-state index contributed by atoms with van der Waals surface area (Å²) in [5, 5.41) is 2.18. The molecule has 0 bridgehead atoms. The number of anilines is 1. The maximum absolute atomic E-state index is 13.0. The van der Waals surface area contributed by atoms with Crippen LogP contribution in [0.2, 0.25) is 0 Å². The van der Waals surface area contributed by atoms with Gasteiger partial charge in [0.25, 0.3) is 11.8 Å². The number of nitrogens with one attached hydrogen (secondary N) is 1. The highest BCUT2D eigenvalue weighted by Crippen LogP contribution is 2.31. The summed E-state index contributed by atoms with van der Waals surface area (Å²) in [5.41, 5.74) is 0.643. The molecule has 11 heteroatoms. The van der Waals surface area contributed by atoms with E-state index in [0.717, 1.165) is 4.90 Å². The number of carbonyl (C=O) groups is 4. The topological polar surface area (TPSA) is 111 Å². The molecule has 9 nitrogen and oxygen atoms in total. The molecule has 0 aliphatic carbocycles. The molecular weight excluding hydrogens is 646 g/mol. The summed E-state index contributed by atoms with van der Waals surface area (Å²) in [5.74, 6) is -1.02. The summed E-state index contributed by atoms with van der Waals surface area (Å²) in [4.78, 5) is 50.0. The van der Waals surface area contributed by atoms with Gasteiger partial charge < -0.3 is 14.2 Å². The van der Waals surface area contributed by atoms with Gasteiger partial charge in [-0.05, 0) is 93.2 Å². The fourth-order valence-electron chi connectivity index (χ4n) is 2.78. The zero-order valence-corrected chi connectivity index (χ0v) is 21.1. The molecule has 1 aliphatic heterocycles. The van der Waals surface area contributed by atoms with Crippen molar-refractivity contribution < 1.29 is 33.4 Å². The van der Waals surface area contributed by atoms with Crippen LogP contribution in [0.15, 0.2) is 42.0 Å². The second-order valence-corrected chi connectivity index (χ2v) is 8.66. The van der Waals surface area contributed by atoms with Gasteiger partial charge in [-0.2, -0.15) is 0 Å². The van der Waals surface area contributed by atoms with Crippen LogP contribution in [0.4, 0.5) is 10.5 Å². The molecule has 0 aromatic heterocycles. The first kappa shape index (κ1) is 24.0. The van der Waals surface area contributed by atoms with E-state index in [1.54, 1.807) is 36.4 Å². The SMILES string of the molecule is COC(=O)COc1c(I)cc(/C=C2\C(=O)NC(=O)N(c3ccc(OC)cc3)C2=O)cc1I. The zero-order valence-electron chi connectivity index (χ0n) is 16.8. The standard InChI is InChI=1S/C21H16I2N2O7/c1-30-13-5-3-12(4-6-13)25-20(28)14(19(27)24-21(25)29)7-11-8-15(22)18(16(23)9-11)32-10-17(26)31-2/h3-9H,10H2,1-2H3,(H,24,27,29)/b14-7+. The highest BCUT2D eigenvalue weighted by molar-refractivity contribution is 14.1. The Labute approximate surface area is 210 Å². The number of barbiturate groups is 1. The average molecular weight is 662 g/mol. The number of carbonyl (C=O) groups excluding carboxylic acids is 4. The monoisotopic (exact) mass is 662 g/mol. The molecule has 0 atom stereocenters. The summed E-state index contributed by atoms with van der Waals surface area (Å²) in [6, 6.07) is 8.85. The quantitative estimate of drug-likeness (QED) is 0.219. The maximum Gasteiger partial charge on any atom is 0.343 e. The number of hydrogen-bond acceptors (Lipinski definition) is 7. The molecule has 2 aromatic rings. The van der Waals surface area contributed by atoms with Gasteiger partial charge in [-0.15, -0.1) is 0 Å². The average Bonchev–Trinajstić information content (AvgIpc) is 2.76. The van der Waals surface area contributed by atoms with Gasteiger partial charge in [-0.3, -0.25) is 14.9 Å². The Kier molecular flexibility index (Phi) is 7.71. The van der Waals surface area contributed by atoms with Crippen LogP contribution in [0.5, 0.6) is 11.5 Å². The van der Waals surface area contributed by atoms with Gasteiger partial charge in [0.05, 0.1) is 27.0 Å². The first-order valence-electron chi connectivity index (χ1n) is 8.99. The van der Waals surface area contributed by atoms with E-state index in [-0.39, 0.29) is 12.2 Å². The number of ether oxygens (including phenoxy) is 3. The predicted octanol–water partition coefficient (Wildman–Crippen LogP) is 3.12. The van der Waals surface area contributed by atoms with Crippen molar-refractivity contribution >= 4 is 80.8 Å². The van der Waals surface area contributed by atoms with Gasteiger partial charge in [-0.25, -0.2) is 14.5 Å². The Hall–Kier alpha value is -2.68. The largest absolute Gasteiger partial charge is 0.497 e. The summed E-state index contributed by atoms with van der Waals surface area (Å²) in [7, 11) is 2.77. The van der Waals surface area contributed by atoms with Gasteiger partial charge in [0.15, 0.2) is 6.61 Å². The summed E-state index contributed by atoms with van der Waals surface area (Å²) in [6.07, 6.45) is 1.40. The lowest BCUT2D eigenvalue weighted by Crippen LogP contribution is -2.54. The van der Waals surface area contributed by atoms with E-state index < -0.39 is 23.8 Å². The van der Waals surface area contributed by atoms with E-state index >= 15 is 0 Å². The molecule has 0 saturated carbocycles. The van der Waals surface area contributed by atoms with Crippen molar-refractivity contribution in [3.05, 3.63) is 54.7 Å². The summed E-state index contributed by atoms with van der Waals surface area (Å²) in [6.45, 7) is -0.247. The molecule has 1 heterocycles. The van der Waals surface area contributed by atoms with Gasteiger partial charge in [0, 0.05) is 0 Å². The second kappa shape index (κ2) is 10.3. The lowest BCUT2D eigenvalue weighted by atomic mass is 10.1. The molecule has 166 valence electrons. The summed E-state index contributed by atoms with van der Waals surface area (Å²) < 4.78 is 16.5. The fraction of sp³-hybridized carbons (Fsp3) is 0.143. The second-order valence-electron chi connectivity index (χ2n) is 6.33. The van der Waals surface area contributed by atoms with E-state index in [1.165, 1.54) is 20.3 Å². The molecule has 0 spiro atoms. The number of imide groups is 2. The smallest absolute Gasteiger partial charge is 0.343 e. The van der Waals surface area contributed by atoms with Gasteiger partial charge in [0.1, 0.15) is 17.1 Å². The van der Waals surface area contributed by atoms with Crippen LogP contribution in [0.1, 0.15) is 5.56 Å². The first-order valence-corrected chi connectivity index (χ1v) is 11.1. The van der Waals surface area contributed by atoms with Crippen molar-refractivity contribution in [3.63, 3.8) is 0 Å². The minimum absolute atomic E-state index is 0.199. The maximum atomic E-state index is 13.0. The van der Waals surface area contributed by atoms with Crippen LogP contribution >= 0.6 is 45.2 Å². The molecular formula is C21H16I2N2O7. The number of rotatable bonds is 6. The third-order valence-electron chi connectivity index (χ3n) is 4.33. The number of hydrogen-bond donors (Lipinski definition) is 1. The van der Waals surface area contributed by atoms with Crippen molar-refractivity contribution in [2.75, 3.05) is 25.7 Å². The number of halogens is 2. The normalized spacial score (nSPS) is 14.9. The number of urea groups is 1.